The number of aromatic nitrogens is 2. The fraction of sp³-hybridized carbons (Fsp3) is 0.370. The van der Waals surface area contributed by atoms with E-state index in [9.17, 15) is 4.79 Å². The Morgan fingerprint density at radius 1 is 0.909 bits per heavy atom. The SMILES string of the molecule is O=C(c1cc(N2CCCC2)ccn1)N1CCC(c2ccc(-c3ccc(CO)nc3)cc2)CC1. The van der Waals surface area contributed by atoms with Crippen LogP contribution in [0.3, 0.4) is 0 Å². The van der Waals surface area contributed by atoms with Gasteiger partial charge in [-0.2, -0.15) is 0 Å². The largest absolute Gasteiger partial charge is 0.390 e. The average molecular weight is 443 g/mol. The molecule has 0 bridgehead atoms. The van der Waals surface area contributed by atoms with Crippen LogP contribution in [0, 0.1) is 0 Å². The molecule has 5 rings (SSSR count). The predicted molar refractivity (Wildman–Crippen MR) is 129 cm³/mol. The van der Waals surface area contributed by atoms with Gasteiger partial charge in [0.25, 0.3) is 5.91 Å². The molecule has 0 saturated carbocycles. The summed E-state index contributed by atoms with van der Waals surface area (Å²) in [4.78, 5) is 26.0. The molecule has 2 aliphatic rings. The van der Waals surface area contributed by atoms with E-state index in [4.69, 9.17) is 5.11 Å². The molecule has 2 saturated heterocycles. The van der Waals surface area contributed by atoms with Crippen LogP contribution in [0.5, 0.6) is 0 Å². The number of aliphatic hydroxyl groups excluding tert-OH is 1. The number of anilines is 1. The maximum absolute atomic E-state index is 13.1. The Morgan fingerprint density at radius 3 is 2.30 bits per heavy atom. The smallest absolute Gasteiger partial charge is 0.272 e. The molecule has 4 heterocycles. The summed E-state index contributed by atoms with van der Waals surface area (Å²) < 4.78 is 0. The summed E-state index contributed by atoms with van der Waals surface area (Å²) in [5.41, 5.74) is 5.83. The van der Waals surface area contributed by atoms with Crippen LogP contribution >= 0.6 is 0 Å². The fourth-order valence-electron chi connectivity index (χ4n) is 4.92. The number of amides is 1. The van der Waals surface area contributed by atoms with E-state index in [1.807, 2.05) is 29.2 Å². The number of aliphatic hydroxyl groups is 1. The van der Waals surface area contributed by atoms with Gasteiger partial charge in [0, 0.05) is 49.8 Å². The van der Waals surface area contributed by atoms with Crippen molar-refractivity contribution in [3.63, 3.8) is 0 Å². The first-order valence-corrected chi connectivity index (χ1v) is 11.9. The summed E-state index contributed by atoms with van der Waals surface area (Å²) in [7, 11) is 0. The van der Waals surface area contributed by atoms with Gasteiger partial charge in [-0.15, -0.1) is 0 Å². The zero-order valence-corrected chi connectivity index (χ0v) is 18.9. The van der Waals surface area contributed by atoms with E-state index in [-0.39, 0.29) is 12.5 Å². The Bertz CT molecular complexity index is 1080. The maximum Gasteiger partial charge on any atom is 0.272 e. The Morgan fingerprint density at radius 2 is 1.64 bits per heavy atom. The number of carbonyl (C=O) groups is 1. The molecule has 0 aliphatic carbocycles. The number of pyridine rings is 2. The number of benzene rings is 1. The molecule has 0 atom stereocenters. The second kappa shape index (κ2) is 9.71. The lowest BCUT2D eigenvalue weighted by Crippen LogP contribution is -2.38. The molecule has 6 nitrogen and oxygen atoms in total. The average Bonchev–Trinajstić information content (AvgIpc) is 3.44. The van der Waals surface area contributed by atoms with Gasteiger partial charge in [-0.25, -0.2) is 0 Å². The van der Waals surface area contributed by atoms with Crippen LogP contribution in [0.25, 0.3) is 11.1 Å². The van der Waals surface area contributed by atoms with Crippen LogP contribution in [0.1, 0.15) is 53.3 Å². The molecule has 1 aromatic carbocycles. The first kappa shape index (κ1) is 21.6. The molecule has 6 heteroatoms. The van der Waals surface area contributed by atoms with Crippen LogP contribution < -0.4 is 4.90 Å². The van der Waals surface area contributed by atoms with Crippen molar-refractivity contribution in [2.24, 2.45) is 0 Å². The van der Waals surface area contributed by atoms with Crippen LogP contribution in [-0.2, 0) is 6.61 Å². The van der Waals surface area contributed by atoms with Gasteiger partial charge in [0.15, 0.2) is 0 Å². The summed E-state index contributed by atoms with van der Waals surface area (Å²) in [5, 5.41) is 9.16. The fourth-order valence-corrected chi connectivity index (χ4v) is 4.92. The van der Waals surface area contributed by atoms with Crippen molar-refractivity contribution in [1.29, 1.82) is 0 Å². The van der Waals surface area contributed by atoms with E-state index in [1.54, 1.807) is 12.4 Å². The van der Waals surface area contributed by atoms with Crippen molar-refractivity contribution in [3.05, 3.63) is 77.9 Å². The monoisotopic (exact) mass is 442 g/mol. The summed E-state index contributed by atoms with van der Waals surface area (Å²) >= 11 is 0. The molecule has 2 aliphatic heterocycles. The third-order valence-electron chi connectivity index (χ3n) is 6.92. The van der Waals surface area contributed by atoms with Crippen molar-refractivity contribution >= 4 is 11.6 Å². The summed E-state index contributed by atoms with van der Waals surface area (Å²) in [5.74, 6) is 0.505. The molecule has 0 spiro atoms. The van der Waals surface area contributed by atoms with E-state index in [0.29, 0.717) is 17.3 Å². The first-order chi connectivity index (χ1) is 16.2. The van der Waals surface area contributed by atoms with Crippen molar-refractivity contribution in [2.45, 2.75) is 38.2 Å². The molecule has 2 fully saturated rings. The summed E-state index contributed by atoms with van der Waals surface area (Å²) in [6.07, 6.45) is 7.92. The molecule has 0 radical (unpaired) electrons. The Balaban J connectivity index is 1.20. The lowest BCUT2D eigenvalue weighted by Gasteiger charge is -2.32. The minimum absolute atomic E-state index is 0.0413. The summed E-state index contributed by atoms with van der Waals surface area (Å²) in [6.45, 7) is 3.60. The van der Waals surface area contributed by atoms with Crippen molar-refractivity contribution in [3.8, 4) is 11.1 Å². The number of nitrogens with zero attached hydrogens (tertiary/aromatic N) is 4. The third kappa shape index (κ3) is 4.76. The van der Waals surface area contributed by atoms with Gasteiger partial charge < -0.3 is 14.9 Å². The molecule has 33 heavy (non-hydrogen) atoms. The number of piperidine rings is 1. The lowest BCUT2D eigenvalue weighted by atomic mass is 9.88. The first-order valence-electron chi connectivity index (χ1n) is 11.9. The highest BCUT2D eigenvalue weighted by Gasteiger charge is 2.26. The molecule has 1 N–H and O–H groups in total. The van der Waals surface area contributed by atoms with Gasteiger partial charge in [0.05, 0.1) is 12.3 Å². The van der Waals surface area contributed by atoms with E-state index in [2.05, 4.69) is 39.1 Å². The Labute approximate surface area is 194 Å². The van der Waals surface area contributed by atoms with Crippen LogP contribution in [0.15, 0.2) is 60.9 Å². The molecular weight excluding hydrogens is 412 g/mol. The Hall–Kier alpha value is -3.25. The van der Waals surface area contributed by atoms with E-state index < -0.39 is 0 Å². The third-order valence-corrected chi connectivity index (χ3v) is 6.92. The second-order valence-corrected chi connectivity index (χ2v) is 8.98. The minimum atomic E-state index is -0.0413. The maximum atomic E-state index is 13.1. The highest BCUT2D eigenvalue weighted by atomic mass is 16.3. The standard InChI is InChI=1S/C27H30N4O2/c32-19-24-8-7-23(18-29-24)21-5-3-20(4-6-21)22-10-15-31(16-11-22)27(33)26-17-25(9-12-28-26)30-13-1-2-14-30/h3-9,12,17-18,22,32H,1-2,10-11,13-16,19H2. The number of hydrogen-bond donors (Lipinski definition) is 1. The highest BCUT2D eigenvalue weighted by Crippen LogP contribution is 2.30. The van der Waals surface area contributed by atoms with E-state index in [1.165, 1.54) is 18.4 Å². The van der Waals surface area contributed by atoms with Gasteiger partial charge in [-0.1, -0.05) is 30.3 Å². The number of rotatable bonds is 5. The number of likely N-dealkylation sites (tertiary alicyclic amines) is 1. The highest BCUT2D eigenvalue weighted by molar-refractivity contribution is 5.93. The summed E-state index contributed by atoms with van der Waals surface area (Å²) in [6, 6.07) is 16.5. The van der Waals surface area contributed by atoms with Gasteiger partial charge in [-0.3, -0.25) is 14.8 Å². The van der Waals surface area contributed by atoms with Gasteiger partial charge in [-0.05, 0) is 60.9 Å². The lowest BCUT2D eigenvalue weighted by molar-refractivity contribution is 0.0707. The molecule has 2 aromatic heterocycles. The van der Waals surface area contributed by atoms with Gasteiger partial charge in [0.2, 0.25) is 0 Å². The van der Waals surface area contributed by atoms with Crippen molar-refractivity contribution in [1.82, 2.24) is 14.9 Å². The second-order valence-electron chi connectivity index (χ2n) is 8.98. The molecule has 0 unspecified atom stereocenters. The zero-order chi connectivity index (χ0) is 22.6. The van der Waals surface area contributed by atoms with Crippen molar-refractivity contribution < 1.29 is 9.90 Å². The normalized spacial score (nSPS) is 16.9. The van der Waals surface area contributed by atoms with Gasteiger partial charge in [0.1, 0.15) is 5.69 Å². The van der Waals surface area contributed by atoms with Gasteiger partial charge >= 0.3 is 0 Å². The molecular formula is C27H30N4O2. The Kier molecular flexibility index (Phi) is 6.35. The van der Waals surface area contributed by atoms with E-state index in [0.717, 1.165) is 55.8 Å². The molecule has 1 amide bonds. The van der Waals surface area contributed by atoms with Crippen LogP contribution in [0.4, 0.5) is 5.69 Å². The zero-order valence-electron chi connectivity index (χ0n) is 18.9. The predicted octanol–water partition coefficient (Wildman–Crippen LogP) is 4.26. The number of carbonyl (C=O) groups excluding carboxylic acids is 1. The quantitative estimate of drug-likeness (QED) is 0.640. The van der Waals surface area contributed by atoms with E-state index >= 15 is 0 Å². The van der Waals surface area contributed by atoms with Crippen LogP contribution in [0.2, 0.25) is 0 Å². The van der Waals surface area contributed by atoms with Crippen molar-refractivity contribution in [2.75, 3.05) is 31.1 Å². The molecule has 3 aromatic rings. The number of hydrogen-bond acceptors (Lipinski definition) is 5. The molecule has 170 valence electrons. The minimum Gasteiger partial charge on any atom is -0.390 e. The topological polar surface area (TPSA) is 69.6 Å². The van der Waals surface area contributed by atoms with Crippen LogP contribution in [-0.4, -0.2) is 52.1 Å².